The van der Waals surface area contributed by atoms with Crippen LogP contribution in [0.1, 0.15) is 11.1 Å². The van der Waals surface area contributed by atoms with Crippen LogP contribution in [0.4, 0.5) is 5.69 Å². The minimum atomic E-state index is -0.100. The van der Waals surface area contributed by atoms with Gasteiger partial charge in [0.15, 0.2) is 5.17 Å². The number of aliphatic imine (C=N–C) groups is 1. The first kappa shape index (κ1) is 26.4. The molecule has 4 aromatic rings. The molecule has 194 valence electrons. The summed E-state index contributed by atoms with van der Waals surface area (Å²) in [6, 6.07) is 21.1. The minimum Gasteiger partial charge on any atom is -0.497 e. The molecular formula is C29H25Cl2N3O3S. The molecule has 0 spiro atoms. The van der Waals surface area contributed by atoms with Crippen molar-refractivity contribution in [2.75, 3.05) is 27.4 Å². The Morgan fingerprint density at radius 1 is 1.03 bits per heavy atom. The third kappa shape index (κ3) is 5.61. The van der Waals surface area contributed by atoms with Crippen molar-refractivity contribution in [2.45, 2.75) is 6.54 Å². The summed E-state index contributed by atoms with van der Waals surface area (Å²) in [6.45, 7) is 1.39. The number of para-hydroxylation sites is 1. The molecule has 0 aliphatic carbocycles. The number of rotatable bonds is 8. The van der Waals surface area contributed by atoms with Crippen LogP contribution in [-0.2, 0) is 16.1 Å². The molecule has 0 unspecified atom stereocenters. The number of benzene rings is 3. The van der Waals surface area contributed by atoms with Crippen molar-refractivity contribution in [3.8, 4) is 5.75 Å². The van der Waals surface area contributed by atoms with E-state index in [0.29, 0.717) is 39.8 Å². The van der Waals surface area contributed by atoms with Gasteiger partial charge in [-0.05, 0) is 65.9 Å². The van der Waals surface area contributed by atoms with E-state index in [1.807, 2.05) is 54.6 Å². The predicted molar refractivity (Wildman–Crippen MR) is 157 cm³/mol. The normalized spacial score (nSPS) is 15.8. The van der Waals surface area contributed by atoms with Gasteiger partial charge in [0.25, 0.3) is 5.91 Å². The molecule has 1 aliphatic heterocycles. The number of amides is 1. The molecule has 1 fully saturated rings. The van der Waals surface area contributed by atoms with Gasteiger partial charge in [0, 0.05) is 46.4 Å². The number of thioether (sulfide) groups is 1. The third-order valence-corrected chi connectivity index (χ3v) is 7.76. The lowest BCUT2D eigenvalue weighted by molar-refractivity contribution is -0.122. The van der Waals surface area contributed by atoms with Gasteiger partial charge in [-0.2, -0.15) is 0 Å². The molecule has 1 aliphatic rings. The van der Waals surface area contributed by atoms with Crippen LogP contribution in [0.5, 0.6) is 5.75 Å². The fourth-order valence-electron chi connectivity index (χ4n) is 4.23. The Hall–Kier alpha value is -3.23. The molecule has 1 aromatic heterocycles. The number of carbonyl (C=O) groups excluding carboxylic acids is 1. The van der Waals surface area contributed by atoms with Crippen molar-refractivity contribution in [1.82, 2.24) is 9.47 Å². The summed E-state index contributed by atoms with van der Waals surface area (Å²) >= 11 is 13.9. The second-order valence-corrected chi connectivity index (χ2v) is 10.5. The molecule has 0 saturated carbocycles. The van der Waals surface area contributed by atoms with Gasteiger partial charge < -0.3 is 14.0 Å². The van der Waals surface area contributed by atoms with Crippen LogP contribution in [0.2, 0.25) is 10.0 Å². The van der Waals surface area contributed by atoms with Gasteiger partial charge in [-0.1, -0.05) is 47.5 Å². The Morgan fingerprint density at radius 2 is 1.82 bits per heavy atom. The highest BCUT2D eigenvalue weighted by Crippen LogP contribution is 2.36. The van der Waals surface area contributed by atoms with E-state index in [0.717, 1.165) is 33.5 Å². The Labute approximate surface area is 235 Å². The average molecular weight is 567 g/mol. The van der Waals surface area contributed by atoms with Gasteiger partial charge >= 0.3 is 0 Å². The molecule has 2 heterocycles. The number of hydrogen-bond donors (Lipinski definition) is 0. The largest absolute Gasteiger partial charge is 0.497 e. The summed E-state index contributed by atoms with van der Waals surface area (Å²) in [4.78, 5) is 20.5. The quantitative estimate of drug-likeness (QED) is 0.211. The Kier molecular flexibility index (Phi) is 8.09. The number of aromatic nitrogens is 1. The molecule has 1 saturated heterocycles. The van der Waals surface area contributed by atoms with Crippen LogP contribution in [0, 0.1) is 0 Å². The molecule has 0 radical (unpaired) electrons. The number of hydrogen-bond acceptors (Lipinski definition) is 5. The zero-order chi connectivity index (χ0) is 26.6. The monoisotopic (exact) mass is 565 g/mol. The van der Waals surface area contributed by atoms with Crippen LogP contribution in [-0.4, -0.2) is 47.9 Å². The van der Waals surface area contributed by atoms with E-state index in [2.05, 4.69) is 22.9 Å². The van der Waals surface area contributed by atoms with Gasteiger partial charge in [-0.25, -0.2) is 4.99 Å². The Morgan fingerprint density at radius 3 is 2.55 bits per heavy atom. The maximum absolute atomic E-state index is 13.5. The lowest BCUT2D eigenvalue weighted by Gasteiger charge is -2.14. The van der Waals surface area contributed by atoms with Gasteiger partial charge in [-0.3, -0.25) is 9.69 Å². The molecule has 1 amide bonds. The van der Waals surface area contributed by atoms with Gasteiger partial charge in [0.2, 0.25) is 0 Å². The van der Waals surface area contributed by atoms with Crippen molar-refractivity contribution < 1.29 is 14.3 Å². The lowest BCUT2D eigenvalue weighted by atomic mass is 10.1. The van der Waals surface area contributed by atoms with Crippen LogP contribution in [0.25, 0.3) is 17.0 Å². The van der Waals surface area contributed by atoms with Crippen LogP contribution in [0.3, 0.4) is 0 Å². The first-order valence-corrected chi connectivity index (χ1v) is 13.5. The highest BCUT2D eigenvalue weighted by atomic mass is 35.5. The molecule has 3 aromatic carbocycles. The summed E-state index contributed by atoms with van der Waals surface area (Å²) in [5.41, 5.74) is 3.69. The first-order valence-electron chi connectivity index (χ1n) is 11.9. The average Bonchev–Trinajstić information content (AvgIpc) is 3.41. The summed E-state index contributed by atoms with van der Waals surface area (Å²) in [5.74, 6) is 0.647. The molecule has 0 atom stereocenters. The number of fused-ring (bicyclic) bond motifs is 1. The Balaban J connectivity index is 1.50. The van der Waals surface area contributed by atoms with Gasteiger partial charge in [0.1, 0.15) is 5.75 Å². The highest BCUT2D eigenvalue weighted by molar-refractivity contribution is 8.18. The van der Waals surface area contributed by atoms with E-state index < -0.39 is 0 Å². The smallest absolute Gasteiger partial charge is 0.266 e. The SMILES string of the molecule is COCCN1C(=O)/C(=C/c2cn(Cc3ccc(Cl)cc3Cl)c3ccccc23)SC1=Nc1ccc(OC)cc1. The first-order chi connectivity index (χ1) is 18.5. The maximum Gasteiger partial charge on any atom is 0.266 e. The molecular weight excluding hydrogens is 541 g/mol. The zero-order valence-electron chi connectivity index (χ0n) is 20.9. The van der Waals surface area contributed by atoms with E-state index in [4.69, 9.17) is 37.7 Å². The predicted octanol–water partition coefficient (Wildman–Crippen LogP) is 7.26. The molecule has 0 N–H and O–H groups in total. The number of methoxy groups -OCH3 is 2. The third-order valence-electron chi connectivity index (χ3n) is 6.17. The maximum atomic E-state index is 13.5. The van der Waals surface area contributed by atoms with Crippen molar-refractivity contribution in [3.63, 3.8) is 0 Å². The van der Waals surface area contributed by atoms with E-state index in [1.165, 1.54) is 11.8 Å². The second kappa shape index (κ2) is 11.7. The summed E-state index contributed by atoms with van der Waals surface area (Å²) in [7, 11) is 3.24. The van der Waals surface area contributed by atoms with Crippen molar-refractivity contribution in [1.29, 1.82) is 0 Å². The van der Waals surface area contributed by atoms with Crippen LogP contribution < -0.4 is 4.74 Å². The van der Waals surface area contributed by atoms with E-state index in [-0.39, 0.29) is 5.91 Å². The van der Waals surface area contributed by atoms with Gasteiger partial charge in [-0.15, -0.1) is 0 Å². The topological polar surface area (TPSA) is 56.1 Å². The fourth-order valence-corrected chi connectivity index (χ4v) is 5.72. The molecule has 38 heavy (non-hydrogen) atoms. The Bertz CT molecular complexity index is 1550. The molecule has 6 nitrogen and oxygen atoms in total. The van der Waals surface area contributed by atoms with Crippen molar-refractivity contribution >= 4 is 68.7 Å². The lowest BCUT2D eigenvalue weighted by Crippen LogP contribution is -2.32. The summed E-state index contributed by atoms with van der Waals surface area (Å²) in [6.07, 6.45) is 3.99. The number of ether oxygens (including phenoxy) is 2. The van der Waals surface area contributed by atoms with Crippen molar-refractivity contribution in [2.24, 2.45) is 4.99 Å². The summed E-state index contributed by atoms with van der Waals surface area (Å²) < 4.78 is 12.6. The van der Waals surface area contributed by atoms with E-state index >= 15 is 0 Å². The highest BCUT2D eigenvalue weighted by Gasteiger charge is 2.33. The number of carbonyl (C=O) groups is 1. The van der Waals surface area contributed by atoms with Crippen molar-refractivity contribution in [3.05, 3.63) is 99.0 Å². The summed E-state index contributed by atoms with van der Waals surface area (Å²) in [5, 5.41) is 2.87. The van der Waals surface area contributed by atoms with E-state index in [9.17, 15) is 4.79 Å². The number of halogens is 2. The van der Waals surface area contributed by atoms with E-state index in [1.54, 1.807) is 25.2 Å². The molecule has 9 heteroatoms. The number of nitrogens with zero attached hydrogens (tertiary/aromatic N) is 3. The van der Waals surface area contributed by atoms with Gasteiger partial charge in [0.05, 0.1) is 30.9 Å². The fraction of sp³-hybridized carbons (Fsp3) is 0.172. The molecule has 0 bridgehead atoms. The number of amidine groups is 1. The standard InChI is InChI=1S/C29H25Cl2N3O3S/c1-36-14-13-34-28(35)27(38-29(34)32-22-9-11-23(37-2)12-10-22)15-20-18-33(26-6-4-3-5-24(20)26)17-19-7-8-21(30)16-25(19)31/h3-12,15-16,18H,13-14,17H2,1-2H3/b27-15-,32-29?. The molecule has 5 rings (SSSR count). The zero-order valence-corrected chi connectivity index (χ0v) is 23.2. The van der Waals surface area contributed by atoms with Crippen LogP contribution in [0.15, 0.2) is 82.8 Å². The van der Waals surface area contributed by atoms with Crippen LogP contribution >= 0.6 is 35.0 Å². The minimum absolute atomic E-state index is 0.100. The second-order valence-electron chi connectivity index (χ2n) is 8.62.